The van der Waals surface area contributed by atoms with Gasteiger partial charge in [0.2, 0.25) is 0 Å². The number of aromatic nitrogens is 2. The summed E-state index contributed by atoms with van der Waals surface area (Å²) in [4.78, 5) is 32.9. The fourth-order valence-corrected chi connectivity index (χ4v) is 2.29. The van der Waals surface area contributed by atoms with Gasteiger partial charge in [-0.1, -0.05) is 6.92 Å². The molecule has 0 aliphatic rings. The van der Waals surface area contributed by atoms with Crippen LogP contribution in [0.1, 0.15) is 35.4 Å². The number of hydrogen-bond acceptors (Lipinski definition) is 4. The smallest absolute Gasteiger partial charge is 0.322 e. The first-order valence-corrected chi connectivity index (χ1v) is 7.22. The molecule has 0 aliphatic carbocycles. The molecular formula is C16H19N5O2. The van der Waals surface area contributed by atoms with Crippen molar-refractivity contribution in [2.45, 2.75) is 19.4 Å². The highest BCUT2D eigenvalue weighted by Gasteiger charge is 2.20. The van der Waals surface area contributed by atoms with E-state index < -0.39 is 5.91 Å². The van der Waals surface area contributed by atoms with Crippen LogP contribution in [-0.2, 0) is 0 Å². The highest BCUT2D eigenvalue weighted by Crippen LogP contribution is 2.23. The number of nitrogens with one attached hydrogen (secondary N) is 1. The van der Waals surface area contributed by atoms with Crippen LogP contribution in [0.3, 0.4) is 0 Å². The number of nitrogens with two attached hydrogens (primary N) is 1. The molecule has 120 valence electrons. The number of urea groups is 1. The quantitative estimate of drug-likeness (QED) is 0.883. The van der Waals surface area contributed by atoms with E-state index in [1.165, 1.54) is 12.3 Å². The second-order valence-corrected chi connectivity index (χ2v) is 5.04. The molecule has 3 amide bonds. The monoisotopic (exact) mass is 313 g/mol. The molecule has 2 rings (SSSR count). The molecular weight excluding hydrogens is 294 g/mol. The first-order chi connectivity index (χ1) is 11.0. The van der Waals surface area contributed by atoms with E-state index in [0.29, 0.717) is 5.69 Å². The first-order valence-electron chi connectivity index (χ1n) is 7.22. The average Bonchev–Trinajstić information content (AvgIpc) is 2.57. The number of primary amides is 1. The minimum absolute atomic E-state index is 0.0594. The molecule has 0 fully saturated rings. The van der Waals surface area contributed by atoms with Crippen LogP contribution in [0, 0.1) is 0 Å². The maximum Gasteiger partial charge on any atom is 0.322 e. The van der Waals surface area contributed by atoms with Crippen molar-refractivity contribution in [1.29, 1.82) is 0 Å². The van der Waals surface area contributed by atoms with Gasteiger partial charge in [0.25, 0.3) is 5.91 Å². The number of amides is 3. The number of anilines is 1. The van der Waals surface area contributed by atoms with E-state index in [9.17, 15) is 9.59 Å². The second kappa shape index (κ2) is 7.35. The molecule has 2 heterocycles. The predicted octanol–water partition coefficient (Wildman–Crippen LogP) is 2.19. The van der Waals surface area contributed by atoms with Gasteiger partial charge in [0.15, 0.2) is 0 Å². The van der Waals surface area contributed by atoms with Crippen LogP contribution in [0.2, 0.25) is 0 Å². The maximum atomic E-state index is 12.4. The average molecular weight is 313 g/mol. The van der Waals surface area contributed by atoms with Gasteiger partial charge < -0.3 is 16.0 Å². The molecule has 0 bridgehead atoms. The van der Waals surface area contributed by atoms with Crippen LogP contribution in [0.5, 0.6) is 0 Å². The molecule has 0 unspecified atom stereocenters. The summed E-state index contributed by atoms with van der Waals surface area (Å²) >= 11 is 0. The Morgan fingerprint density at radius 2 is 1.96 bits per heavy atom. The topological polar surface area (TPSA) is 101 Å². The molecule has 0 spiro atoms. The molecule has 2 aromatic rings. The molecule has 0 aliphatic heterocycles. The lowest BCUT2D eigenvalue weighted by Gasteiger charge is -2.27. The van der Waals surface area contributed by atoms with Crippen LogP contribution < -0.4 is 11.1 Å². The van der Waals surface area contributed by atoms with Gasteiger partial charge >= 0.3 is 6.03 Å². The van der Waals surface area contributed by atoms with E-state index in [2.05, 4.69) is 15.3 Å². The normalized spacial score (nSPS) is 11.6. The van der Waals surface area contributed by atoms with Gasteiger partial charge in [0.1, 0.15) is 5.69 Å². The molecule has 0 saturated carbocycles. The molecule has 0 saturated heterocycles. The van der Waals surface area contributed by atoms with E-state index in [-0.39, 0.29) is 17.8 Å². The summed E-state index contributed by atoms with van der Waals surface area (Å²) in [6.45, 7) is 2.01. The Balaban J connectivity index is 2.08. The molecule has 23 heavy (non-hydrogen) atoms. The van der Waals surface area contributed by atoms with Crippen molar-refractivity contribution in [2.24, 2.45) is 5.73 Å². The van der Waals surface area contributed by atoms with E-state index in [4.69, 9.17) is 5.73 Å². The molecule has 2 aromatic heterocycles. The third-order valence-corrected chi connectivity index (χ3v) is 3.53. The van der Waals surface area contributed by atoms with Crippen molar-refractivity contribution in [3.63, 3.8) is 0 Å². The molecule has 0 aromatic carbocycles. The Kier molecular flexibility index (Phi) is 5.24. The predicted molar refractivity (Wildman–Crippen MR) is 86.8 cm³/mol. The van der Waals surface area contributed by atoms with Gasteiger partial charge in [-0.25, -0.2) is 9.78 Å². The van der Waals surface area contributed by atoms with Crippen molar-refractivity contribution in [1.82, 2.24) is 14.9 Å². The van der Waals surface area contributed by atoms with E-state index in [1.807, 2.05) is 19.1 Å². The lowest BCUT2D eigenvalue weighted by atomic mass is 10.1. The third kappa shape index (κ3) is 4.03. The standard InChI is InChI=1S/C16H19N5O2/c1-3-14(11-6-8-18-9-7-11)21(2)16(23)20-12-4-5-13(15(17)22)19-10-12/h4-10,14H,3H2,1-2H3,(H2,17,22)(H,20,23)/t14-/m1/s1. The first kappa shape index (κ1) is 16.4. The van der Waals surface area contributed by atoms with Crippen LogP contribution in [-0.4, -0.2) is 33.9 Å². The number of carbonyl (C=O) groups excluding carboxylic acids is 2. The zero-order chi connectivity index (χ0) is 16.8. The van der Waals surface area contributed by atoms with Crippen LogP contribution in [0.25, 0.3) is 0 Å². The Hall–Kier alpha value is -2.96. The Morgan fingerprint density at radius 1 is 1.26 bits per heavy atom. The van der Waals surface area contributed by atoms with Crippen LogP contribution in [0.15, 0.2) is 42.9 Å². The molecule has 1 atom stereocenters. The summed E-state index contributed by atoms with van der Waals surface area (Å²) in [5, 5.41) is 2.75. The lowest BCUT2D eigenvalue weighted by Crippen LogP contribution is -2.34. The summed E-state index contributed by atoms with van der Waals surface area (Å²) in [5.41, 5.74) is 6.80. The number of carbonyl (C=O) groups is 2. The number of rotatable bonds is 5. The van der Waals surface area contributed by atoms with Crippen molar-refractivity contribution >= 4 is 17.6 Å². The Morgan fingerprint density at radius 3 is 2.48 bits per heavy atom. The van der Waals surface area contributed by atoms with Gasteiger partial charge in [0.05, 0.1) is 17.9 Å². The molecule has 0 radical (unpaired) electrons. The SMILES string of the molecule is CC[C@H](c1ccncc1)N(C)C(=O)Nc1ccc(C(N)=O)nc1. The lowest BCUT2D eigenvalue weighted by molar-refractivity contribution is 0.0995. The Labute approximate surface area is 134 Å². The zero-order valence-electron chi connectivity index (χ0n) is 13.1. The van der Waals surface area contributed by atoms with E-state index in [0.717, 1.165) is 12.0 Å². The maximum absolute atomic E-state index is 12.4. The van der Waals surface area contributed by atoms with Gasteiger partial charge in [-0.05, 0) is 36.2 Å². The molecule has 3 N–H and O–H groups in total. The summed E-state index contributed by atoms with van der Waals surface area (Å²) < 4.78 is 0. The fourth-order valence-electron chi connectivity index (χ4n) is 2.29. The minimum atomic E-state index is -0.608. The largest absolute Gasteiger partial charge is 0.364 e. The van der Waals surface area contributed by atoms with Gasteiger partial charge in [-0.3, -0.25) is 9.78 Å². The zero-order valence-corrected chi connectivity index (χ0v) is 13.1. The number of nitrogens with zero attached hydrogens (tertiary/aromatic N) is 3. The highest BCUT2D eigenvalue weighted by molar-refractivity contribution is 5.92. The van der Waals surface area contributed by atoms with Crippen molar-refractivity contribution in [2.75, 3.05) is 12.4 Å². The third-order valence-electron chi connectivity index (χ3n) is 3.53. The van der Waals surface area contributed by atoms with Gasteiger partial charge in [0, 0.05) is 19.4 Å². The van der Waals surface area contributed by atoms with E-state index in [1.54, 1.807) is 30.4 Å². The number of hydrogen-bond donors (Lipinski definition) is 2. The molecule has 7 heteroatoms. The van der Waals surface area contributed by atoms with Crippen molar-refractivity contribution in [3.05, 3.63) is 54.1 Å². The highest BCUT2D eigenvalue weighted by atomic mass is 16.2. The van der Waals surface area contributed by atoms with Crippen molar-refractivity contribution < 1.29 is 9.59 Å². The van der Waals surface area contributed by atoms with Gasteiger partial charge in [-0.15, -0.1) is 0 Å². The number of pyridine rings is 2. The summed E-state index contributed by atoms with van der Waals surface area (Å²) in [7, 11) is 1.73. The fraction of sp³-hybridized carbons (Fsp3) is 0.250. The summed E-state index contributed by atoms with van der Waals surface area (Å²) in [5.74, 6) is -0.608. The van der Waals surface area contributed by atoms with Gasteiger partial charge in [-0.2, -0.15) is 0 Å². The Bertz CT molecular complexity index is 673. The van der Waals surface area contributed by atoms with Crippen molar-refractivity contribution in [3.8, 4) is 0 Å². The van der Waals surface area contributed by atoms with Crippen LogP contribution in [0.4, 0.5) is 10.5 Å². The van der Waals surface area contributed by atoms with Crippen LogP contribution >= 0.6 is 0 Å². The second-order valence-electron chi connectivity index (χ2n) is 5.04. The minimum Gasteiger partial charge on any atom is -0.364 e. The summed E-state index contributed by atoms with van der Waals surface area (Å²) in [6.07, 6.45) is 5.58. The molecule has 7 nitrogen and oxygen atoms in total. The summed E-state index contributed by atoms with van der Waals surface area (Å²) in [6, 6.07) is 6.52. The van der Waals surface area contributed by atoms with E-state index >= 15 is 0 Å².